The van der Waals surface area contributed by atoms with Gasteiger partial charge in [-0.25, -0.2) is 0 Å². The maximum Gasteiger partial charge on any atom is 0.0714 e. The van der Waals surface area contributed by atoms with E-state index >= 15 is 0 Å². The number of benzene rings is 4. The van der Waals surface area contributed by atoms with Crippen molar-refractivity contribution in [3.05, 3.63) is 121 Å². The van der Waals surface area contributed by atoms with Crippen molar-refractivity contribution in [3.8, 4) is 33.6 Å². The first-order chi connectivity index (χ1) is 17.1. The second-order valence-corrected chi connectivity index (χ2v) is 9.84. The van der Waals surface area contributed by atoms with E-state index in [1.165, 1.54) is 54.9 Å². The molecular weight excluding hydrogens is 424 g/mol. The zero-order valence-corrected chi connectivity index (χ0v) is 19.8. The van der Waals surface area contributed by atoms with Crippen molar-refractivity contribution in [2.24, 2.45) is 0 Å². The summed E-state index contributed by atoms with van der Waals surface area (Å²) < 4.78 is 0. The zero-order chi connectivity index (χ0) is 23.6. The molecule has 0 atom stereocenters. The van der Waals surface area contributed by atoms with Crippen LogP contribution in [-0.2, 0) is 5.41 Å². The zero-order valence-electron chi connectivity index (χ0n) is 19.8. The van der Waals surface area contributed by atoms with Gasteiger partial charge in [-0.15, -0.1) is 0 Å². The minimum Gasteiger partial charge on any atom is -0.256 e. The average Bonchev–Trinajstić information content (AvgIpc) is 3.13. The molecule has 166 valence electrons. The molecule has 35 heavy (non-hydrogen) atoms. The standard InChI is InChI=1S/C33H24N2/c1-33(2)27-14-6-5-11-21(27)24-19-25-26(20-28(24)33)32(30-16-8-10-18-35-30)23-13-4-3-12-22(23)31(25)29-15-7-9-17-34-29/h3-20H,1-2H3. The lowest BCUT2D eigenvalue weighted by Crippen LogP contribution is -2.14. The molecule has 2 heterocycles. The van der Waals surface area contributed by atoms with Crippen LogP contribution in [0.2, 0.25) is 0 Å². The van der Waals surface area contributed by atoms with E-state index in [9.17, 15) is 0 Å². The fourth-order valence-electron chi connectivity index (χ4n) is 5.94. The Morgan fingerprint density at radius 3 is 1.63 bits per heavy atom. The summed E-state index contributed by atoms with van der Waals surface area (Å²) in [5.41, 5.74) is 9.68. The van der Waals surface area contributed by atoms with E-state index in [0.717, 1.165) is 11.4 Å². The maximum atomic E-state index is 4.81. The largest absolute Gasteiger partial charge is 0.256 e. The molecule has 0 radical (unpaired) electrons. The highest BCUT2D eigenvalue weighted by atomic mass is 14.7. The van der Waals surface area contributed by atoms with Gasteiger partial charge in [-0.05, 0) is 80.2 Å². The summed E-state index contributed by atoms with van der Waals surface area (Å²) in [6, 6.07) is 34.7. The van der Waals surface area contributed by atoms with Gasteiger partial charge in [0.2, 0.25) is 0 Å². The molecular formula is C33H24N2. The third-order valence-corrected chi connectivity index (χ3v) is 7.57. The summed E-state index contributed by atoms with van der Waals surface area (Å²) in [5.74, 6) is 0. The Bertz CT molecular complexity index is 1750. The molecule has 0 fully saturated rings. The second kappa shape index (κ2) is 7.35. The Kier molecular flexibility index (Phi) is 4.22. The number of rotatable bonds is 2. The van der Waals surface area contributed by atoms with Crippen molar-refractivity contribution >= 4 is 21.5 Å². The average molecular weight is 449 g/mol. The quantitative estimate of drug-likeness (QED) is 0.248. The molecule has 0 spiro atoms. The Balaban J connectivity index is 1.72. The summed E-state index contributed by atoms with van der Waals surface area (Å²) in [7, 11) is 0. The van der Waals surface area contributed by atoms with Gasteiger partial charge in [0.1, 0.15) is 0 Å². The minimum atomic E-state index is -0.0711. The molecule has 2 nitrogen and oxygen atoms in total. The number of pyridine rings is 2. The molecule has 0 saturated heterocycles. The molecule has 0 amide bonds. The summed E-state index contributed by atoms with van der Waals surface area (Å²) in [4.78, 5) is 9.61. The molecule has 0 unspecified atom stereocenters. The van der Waals surface area contributed by atoms with Crippen LogP contribution < -0.4 is 0 Å². The molecule has 0 aliphatic heterocycles. The van der Waals surface area contributed by atoms with E-state index in [2.05, 4.69) is 98.8 Å². The van der Waals surface area contributed by atoms with Crippen molar-refractivity contribution in [2.75, 3.05) is 0 Å². The van der Waals surface area contributed by atoms with Crippen LogP contribution in [0, 0.1) is 0 Å². The molecule has 0 bridgehead atoms. The Morgan fingerprint density at radius 1 is 0.486 bits per heavy atom. The van der Waals surface area contributed by atoms with E-state index < -0.39 is 0 Å². The lowest BCUT2D eigenvalue weighted by Gasteiger charge is -2.23. The Labute approximate surface area is 204 Å². The fraction of sp³-hybridized carbons (Fsp3) is 0.0909. The van der Waals surface area contributed by atoms with Crippen LogP contribution in [0.1, 0.15) is 25.0 Å². The second-order valence-electron chi connectivity index (χ2n) is 9.84. The number of hydrogen-bond donors (Lipinski definition) is 0. The van der Waals surface area contributed by atoms with Crippen molar-refractivity contribution in [2.45, 2.75) is 19.3 Å². The lowest BCUT2D eigenvalue weighted by atomic mass is 9.80. The van der Waals surface area contributed by atoms with E-state index in [-0.39, 0.29) is 5.41 Å². The first-order valence-corrected chi connectivity index (χ1v) is 12.1. The number of aromatic nitrogens is 2. The molecule has 4 aromatic carbocycles. The fourth-order valence-corrected chi connectivity index (χ4v) is 5.94. The van der Waals surface area contributed by atoms with Crippen molar-refractivity contribution in [1.29, 1.82) is 0 Å². The minimum absolute atomic E-state index is 0.0711. The van der Waals surface area contributed by atoms with E-state index in [0.29, 0.717) is 0 Å². The highest BCUT2D eigenvalue weighted by molar-refractivity contribution is 6.21. The lowest BCUT2D eigenvalue weighted by molar-refractivity contribution is 0.661. The van der Waals surface area contributed by atoms with Gasteiger partial charge in [-0.3, -0.25) is 9.97 Å². The normalized spacial score (nSPS) is 13.7. The smallest absolute Gasteiger partial charge is 0.0714 e. The monoisotopic (exact) mass is 448 g/mol. The van der Waals surface area contributed by atoms with Gasteiger partial charge in [-0.2, -0.15) is 0 Å². The maximum absolute atomic E-state index is 4.81. The van der Waals surface area contributed by atoms with Gasteiger partial charge in [0, 0.05) is 28.9 Å². The molecule has 0 saturated carbocycles. The van der Waals surface area contributed by atoms with Gasteiger partial charge in [-0.1, -0.05) is 74.5 Å². The van der Waals surface area contributed by atoms with Gasteiger partial charge in [0.25, 0.3) is 0 Å². The predicted molar refractivity (Wildman–Crippen MR) is 145 cm³/mol. The van der Waals surface area contributed by atoms with Crippen molar-refractivity contribution in [1.82, 2.24) is 9.97 Å². The molecule has 0 N–H and O–H groups in total. The predicted octanol–water partition coefficient (Wildman–Crippen LogP) is 8.42. The van der Waals surface area contributed by atoms with Gasteiger partial charge in [0.15, 0.2) is 0 Å². The molecule has 1 aliphatic carbocycles. The summed E-state index contributed by atoms with van der Waals surface area (Å²) in [6.45, 7) is 4.68. The molecule has 2 aromatic heterocycles. The third kappa shape index (κ3) is 2.83. The van der Waals surface area contributed by atoms with E-state index in [1.807, 2.05) is 24.5 Å². The van der Waals surface area contributed by atoms with Crippen molar-refractivity contribution in [3.63, 3.8) is 0 Å². The van der Waals surface area contributed by atoms with Gasteiger partial charge in [0.05, 0.1) is 11.4 Å². The third-order valence-electron chi connectivity index (χ3n) is 7.57. The number of nitrogens with zero attached hydrogens (tertiary/aromatic N) is 2. The van der Waals surface area contributed by atoms with Gasteiger partial charge >= 0.3 is 0 Å². The number of hydrogen-bond acceptors (Lipinski definition) is 2. The first-order valence-electron chi connectivity index (χ1n) is 12.1. The molecule has 7 rings (SSSR count). The van der Waals surface area contributed by atoms with Crippen LogP contribution in [0.15, 0.2) is 109 Å². The van der Waals surface area contributed by atoms with Gasteiger partial charge < -0.3 is 0 Å². The van der Waals surface area contributed by atoms with Crippen LogP contribution in [0.3, 0.4) is 0 Å². The summed E-state index contributed by atoms with van der Waals surface area (Å²) >= 11 is 0. The highest BCUT2D eigenvalue weighted by Crippen LogP contribution is 2.52. The topological polar surface area (TPSA) is 25.8 Å². The SMILES string of the molecule is CC1(C)c2ccccc2-c2cc3c(-c4ccccn4)c4ccccc4c(-c4ccccn4)c3cc21. The highest BCUT2D eigenvalue weighted by Gasteiger charge is 2.36. The van der Waals surface area contributed by atoms with Crippen LogP contribution in [0.25, 0.3) is 55.2 Å². The molecule has 1 aliphatic rings. The molecule has 6 aromatic rings. The molecule has 2 heteroatoms. The van der Waals surface area contributed by atoms with Crippen LogP contribution in [0.5, 0.6) is 0 Å². The van der Waals surface area contributed by atoms with Crippen molar-refractivity contribution < 1.29 is 0 Å². The van der Waals surface area contributed by atoms with Crippen LogP contribution >= 0.6 is 0 Å². The summed E-state index contributed by atoms with van der Waals surface area (Å²) in [6.07, 6.45) is 3.77. The summed E-state index contributed by atoms with van der Waals surface area (Å²) in [5, 5.41) is 4.84. The van der Waals surface area contributed by atoms with Crippen LogP contribution in [-0.4, -0.2) is 9.97 Å². The van der Waals surface area contributed by atoms with E-state index in [1.54, 1.807) is 0 Å². The Hall–Kier alpha value is -4.30. The Morgan fingerprint density at radius 2 is 1.03 bits per heavy atom. The van der Waals surface area contributed by atoms with Crippen LogP contribution in [0.4, 0.5) is 0 Å². The van der Waals surface area contributed by atoms with E-state index in [4.69, 9.17) is 9.97 Å². The first kappa shape index (κ1) is 20.1. The number of fused-ring (bicyclic) bond motifs is 5.